The molecule has 1 amide bonds. The molecule has 0 bridgehead atoms. The number of carbonyl (C=O) groups excluding carboxylic acids is 1. The van der Waals surface area contributed by atoms with Crippen LogP contribution in [0.5, 0.6) is 11.5 Å². The first kappa shape index (κ1) is 21.8. The van der Waals surface area contributed by atoms with Crippen molar-refractivity contribution in [2.45, 2.75) is 18.9 Å². The Bertz CT molecular complexity index is 1230. The second-order valence-corrected chi connectivity index (χ2v) is 8.50. The Morgan fingerprint density at radius 3 is 2.18 bits per heavy atom. The molecular weight excluding hydrogens is 426 g/mol. The van der Waals surface area contributed by atoms with Crippen LogP contribution in [0, 0.1) is 0 Å². The van der Waals surface area contributed by atoms with E-state index < -0.39 is 0 Å². The molecule has 3 aromatic carbocycles. The number of methoxy groups -OCH3 is 2. The second-order valence-electron chi connectivity index (χ2n) is 8.50. The molecule has 34 heavy (non-hydrogen) atoms. The summed E-state index contributed by atoms with van der Waals surface area (Å²) in [6.45, 7) is 0.491. The molecule has 1 atom stereocenters. The number of nitrogens with one attached hydrogen (secondary N) is 2. The molecule has 5 rings (SSSR count). The van der Waals surface area contributed by atoms with Gasteiger partial charge in [0.1, 0.15) is 24.1 Å². The third-order valence-electron chi connectivity index (χ3n) is 6.31. The molecular formula is C28H28N3O3+. The van der Waals surface area contributed by atoms with Crippen LogP contribution in [-0.4, -0.2) is 43.3 Å². The number of nitrogens with zero attached hydrogens (tertiary/aromatic N) is 1. The van der Waals surface area contributed by atoms with Crippen LogP contribution in [-0.2, 0) is 17.6 Å². The lowest BCUT2D eigenvalue weighted by Gasteiger charge is -2.20. The summed E-state index contributed by atoms with van der Waals surface area (Å²) in [6.07, 6.45) is 1.31. The summed E-state index contributed by atoms with van der Waals surface area (Å²) in [6, 6.07) is 25.8. The van der Waals surface area contributed by atoms with Crippen molar-refractivity contribution in [3.8, 4) is 11.5 Å². The molecule has 6 nitrogen and oxygen atoms in total. The molecule has 0 aliphatic carbocycles. The van der Waals surface area contributed by atoms with Crippen LogP contribution in [0.3, 0.4) is 0 Å². The van der Waals surface area contributed by atoms with Gasteiger partial charge in [-0.2, -0.15) is 0 Å². The predicted octanol–water partition coefficient (Wildman–Crippen LogP) is 2.04. The van der Waals surface area contributed by atoms with E-state index in [0.29, 0.717) is 19.4 Å². The zero-order chi connectivity index (χ0) is 23.5. The molecule has 2 aliphatic heterocycles. The molecule has 2 N–H and O–H groups in total. The maximum absolute atomic E-state index is 13.5. The van der Waals surface area contributed by atoms with Crippen LogP contribution in [0.2, 0.25) is 0 Å². The lowest BCUT2D eigenvalue weighted by atomic mass is 10.0. The lowest BCUT2D eigenvalue weighted by Crippen LogP contribution is -2.76. The third kappa shape index (κ3) is 4.39. The maximum atomic E-state index is 13.5. The first-order chi connectivity index (χ1) is 16.6. The van der Waals surface area contributed by atoms with E-state index in [4.69, 9.17) is 9.47 Å². The monoisotopic (exact) mass is 454 g/mol. The summed E-state index contributed by atoms with van der Waals surface area (Å²) >= 11 is 0. The van der Waals surface area contributed by atoms with Crippen molar-refractivity contribution >= 4 is 11.6 Å². The lowest BCUT2D eigenvalue weighted by molar-refractivity contribution is -0.406. The van der Waals surface area contributed by atoms with Crippen LogP contribution in [0.15, 0.2) is 90.4 Å². The van der Waals surface area contributed by atoms with Crippen molar-refractivity contribution in [1.29, 1.82) is 0 Å². The number of fused-ring (bicyclic) bond motifs is 1. The minimum atomic E-state index is -0.314. The number of ether oxygens (including phenoxy) is 2. The van der Waals surface area contributed by atoms with Crippen LogP contribution < -0.4 is 19.8 Å². The summed E-state index contributed by atoms with van der Waals surface area (Å²) in [5.41, 5.74) is 5.30. The van der Waals surface area contributed by atoms with E-state index in [1.54, 1.807) is 14.2 Å². The van der Waals surface area contributed by atoms with Crippen molar-refractivity contribution in [2.24, 2.45) is 0 Å². The number of rotatable bonds is 7. The van der Waals surface area contributed by atoms with Gasteiger partial charge in [-0.1, -0.05) is 42.5 Å². The zero-order valence-electron chi connectivity index (χ0n) is 19.4. The van der Waals surface area contributed by atoms with Gasteiger partial charge in [-0.15, -0.1) is 0 Å². The van der Waals surface area contributed by atoms with Gasteiger partial charge < -0.3 is 14.8 Å². The summed E-state index contributed by atoms with van der Waals surface area (Å²) in [5, 5.41) is 3.51. The van der Waals surface area contributed by atoms with Crippen LogP contribution >= 0.6 is 0 Å². The molecule has 6 heteroatoms. The van der Waals surface area contributed by atoms with E-state index in [1.165, 1.54) is 5.56 Å². The highest BCUT2D eigenvalue weighted by atomic mass is 16.5. The number of hydrogen-bond acceptors (Lipinski definition) is 4. The fraction of sp³-hybridized carbons (Fsp3) is 0.214. The highest BCUT2D eigenvalue weighted by Gasteiger charge is 2.42. The largest absolute Gasteiger partial charge is 0.497 e. The Labute approximate surface area is 199 Å². The van der Waals surface area contributed by atoms with Gasteiger partial charge in [-0.25, -0.2) is 4.99 Å². The topological polar surface area (TPSA) is 64.8 Å². The summed E-state index contributed by atoms with van der Waals surface area (Å²) in [7, 11) is 3.31. The van der Waals surface area contributed by atoms with Crippen LogP contribution in [0.25, 0.3) is 0 Å². The van der Waals surface area contributed by atoms with E-state index >= 15 is 0 Å². The predicted molar refractivity (Wildman–Crippen MR) is 131 cm³/mol. The first-order valence-corrected chi connectivity index (χ1v) is 11.4. The smallest absolute Gasteiger partial charge is 0.251 e. The summed E-state index contributed by atoms with van der Waals surface area (Å²) in [5.74, 6) is 2.57. The van der Waals surface area contributed by atoms with Gasteiger partial charge in [0, 0.05) is 12.0 Å². The highest BCUT2D eigenvalue weighted by molar-refractivity contribution is 6.02. The minimum Gasteiger partial charge on any atom is -0.497 e. The van der Waals surface area contributed by atoms with Crippen LogP contribution in [0.4, 0.5) is 0 Å². The van der Waals surface area contributed by atoms with E-state index in [9.17, 15) is 4.79 Å². The standard InChI is InChI=1S/C28H27N3O3/c1-33-22-12-8-20(9-13-22)17-25-28(32)31-18-26(21-10-14-23(34-2)15-11-21)29-24(27(31)30-25)16-19-6-4-3-5-7-19/h3-15,25,30H,16-18H2,1-2H3/p+1. The van der Waals surface area contributed by atoms with E-state index in [1.807, 2.05) is 71.6 Å². The average Bonchev–Trinajstić information content (AvgIpc) is 3.20. The third-order valence-corrected chi connectivity index (χ3v) is 6.31. The molecule has 2 aliphatic rings. The van der Waals surface area contributed by atoms with Gasteiger partial charge in [-0.3, -0.25) is 9.69 Å². The Balaban J connectivity index is 1.45. The van der Waals surface area contributed by atoms with E-state index in [0.717, 1.165) is 39.9 Å². The fourth-order valence-corrected chi connectivity index (χ4v) is 4.47. The molecule has 1 fully saturated rings. The highest BCUT2D eigenvalue weighted by Crippen LogP contribution is 2.23. The molecule has 0 radical (unpaired) electrons. The van der Waals surface area contributed by atoms with Crippen molar-refractivity contribution in [3.63, 3.8) is 0 Å². The second kappa shape index (κ2) is 9.43. The Hall–Kier alpha value is -4.06. The molecule has 0 aromatic heterocycles. The zero-order valence-corrected chi connectivity index (χ0v) is 19.4. The van der Waals surface area contributed by atoms with Crippen molar-refractivity contribution in [2.75, 3.05) is 20.8 Å². The number of benzene rings is 3. The average molecular weight is 455 g/mol. The Morgan fingerprint density at radius 2 is 1.53 bits per heavy atom. The summed E-state index contributed by atoms with van der Waals surface area (Å²) in [4.78, 5) is 19.0. The van der Waals surface area contributed by atoms with Gasteiger partial charge in [0.15, 0.2) is 5.82 Å². The number of carbonyl (C=O) groups is 1. The van der Waals surface area contributed by atoms with E-state index in [-0.39, 0.29) is 11.9 Å². The van der Waals surface area contributed by atoms with Gasteiger partial charge in [0.25, 0.3) is 5.91 Å². The molecule has 172 valence electrons. The van der Waals surface area contributed by atoms with Crippen molar-refractivity contribution in [1.82, 2.24) is 10.2 Å². The number of hydrogen-bond donors (Lipinski definition) is 2. The SMILES string of the molecule is COc1ccc(CC2NC3=C(Cc4ccccc4)[NH+]=C(c4ccc(OC)cc4)CN3C2=O)cc1. The fourth-order valence-electron chi connectivity index (χ4n) is 4.47. The van der Waals surface area contributed by atoms with Crippen molar-refractivity contribution in [3.05, 3.63) is 107 Å². The maximum Gasteiger partial charge on any atom is 0.251 e. The van der Waals surface area contributed by atoms with Gasteiger partial charge in [-0.05, 0) is 47.5 Å². The quantitative estimate of drug-likeness (QED) is 0.574. The minimum absolute atomic E-state index is 0.0869. The number of allylic oxidation sites excluding steroid dienone is 1. The molecule has 3 aromatic rings. The van der Waals surface area contributed by atoms with Gasteiger partial charge in [0.2, 0.25) is 11.4 Å². The Kier molecular flexibility index (Phi) is 6.04. The van der Waals surface area contributed by atoms with Crippen LogP contribution in [0.1, 0.15) is 16.7 Å². The van der Waals surface area contributed by atoms with Crippen molar-refractivity contribution < 1.29 is 19.3 Å². The summed E-state index contributed by atoms with van der Waals surface area (Å²) < 4.78 is 10.6. The van der Waals surface area contributed by atoms with Gasteiger partial charge in [0.05, 0.1) is 20.6 Å². The molecule has 0 spiro atoms. The molecule has 1 unspecified atom stereocenters. The Morgan fingerprint density at radius 1 is 0.882 bits per heavy atom. The number of amides is 1. The first-order valence-electron chi connectivity index (χ1n) is 11.4. The normalized spacial score (nSPS) is 17.2. The van der Waals surface area contributed by atoms with E-state index in [2.05, 4.69) is 22.4 Å². The van der Waals surface area contributed by atoms with Gasteiger partial charge >= 0.3 is 0 Å². The molecule has 0 saturated carbocycles. The molecule has 2 heterocycles. The molecule has 1 saturated heterocycles.